The maximum absolute atomic E-state index is 5.43. The highest BCUT2D eigenvalue weighted by atomic mass is 35.5. The van der Waals surface area contributed by atoms with E-state index in [0.717, 1.165) is 5.75 Å². The molecule has 0 aromatic heterocycles. The lowest BCUT2D eigenvalue weighted by Gasteiger charge is -2.28. The van der Waals surface area contributed by atoms with E-state index in [1.165, 1.54) is 35.3 Å². The minimum Gasteiger partial charge on any atom is -1.00 e. The summed E-state index contributed by atoms with van der Waals surface area (Å²) in [6.45, 7) is 0. The SMILES string of the molecule is COc1cccc2c1CCCC2[NH+](C)C.[Cl-]. The minimum absolute atomic E-state index is 0. The topological polar surface area (TPSA) is 13.7 Å². The van der Waals surface area contributed by atoms with E-state index in [2.05, 4.69) is 32.3 Å². The largest absolute Gasteiger partial charge is 1.00 e. The number of rotatable bonds is 2. The van der Waals surface area contributed by atoms with E-state index < -0.39 is 0 Å². The molecule has 90 valence electrons. The van der Waals surface area contributed by atoms with Crippen LogP contribution in [-0.2, 0) is 6.42 Å². The molecule has 1 atom stereocenters. The second-order valence-corrected chi connectivity index (χ2v) is 4.55. The van der Waals surface area contributed by atoms with Crippen molar-refractivity contribution in [3.63, 3.8) is 0 Å². The quantitative estimate of drug-likeness (QED) is 0.647. The van der Waals surface area contributed by atoms with Crippen molar-refractivity contribution < 1.29 is 22.0 Å². The van der Waals surface area contributed by atoms with Gasteiger partial charge < -0.3 is 22.0 Å². The second kappa shape index (κ2) is 5.55. The molecule has 1 aromatic carbocycles. The zero-order chi connectivity index (χ0) is 10.8. The molecule has 0 spiro atoms. The Morgan fingerprint density at radius 1 is 1.31 bits per heavy atom. The number of hydrogen-bond donors (Lipinski definition) is 1. The number of ether oxygens (including phenoxy) is 1. The lowest BCUT2D eigenvalue weighted by atomic mass is 9.86. The lowest BCUT2D eigenvalue weighted by Crippen LogP contribution is -3.06. The monoisotopic (exact) mass is 241 g/mol. The van der Waals surface area contributed by atoms with E-state index in [9.17, 15) is 0 Å². The zero-order valence-electron chi connectivity index (χ0n) is 10.2. The van der Waals surface area contributed by atoms with Gasteiger partial charge in [-0.3, -0.25) is 0 Å². The van der Waals surface area contributed by atoms with Crippen LogP contribution in [0.3, 0.4) is 0 Å². The fraction of sp³-hybridized carbons (Fsp3) is 0.538. The molecule has 0 saturated carbocycles. The third kappa shape index (κ3) is 2.33. The van der Waals surface area contributed by atoms with Gasteiger partial charge in [-0.15, -0.1) is 0 Å². The van der Waals surface area contributed by atoms with Gasteiger partial charge in [0.05, 0.1) is 21.2 Å². The van der Waals surface area contributed by atoms with Gasteiger partial charge in [-0.05, 0) is 18.9 Å². The molecule has 0 bridgehead atoms. The minimum atomic E-state index is 0. The number of halogens is 1. The van der Waals surface area contributed by atoms with Crippen LogP contribution in [0.25, 0.3) is 0 Å². The summed E-state index contributed by atoms with van der Waals surface area (Å²) in [4.78, 5) is 1.52. The summed E-state index contributed by atoms with van der Waals surface area (Å²) >= 11 is 0. The average Bonchev–Trinajstić information content (AvgIpc) is 2.27. The van der Waals surface area contributed by atoms with Gasteiger partial charge in [0.2, 0.25) is 0 Å². The second-order valence-electron chi connectivity index (χ2n) is 4.55. The highest BCUT2D eigenvalue weighted by Gasteiger charge is 2.26. The third-order valence-electron chi connectivity index (χ3n) is 3.38. The van der Waals surface area contributed by atoms with Crippen LogP contribution >= 0.6 is 0 Å². The Morgan fingerprint density at radius 3 is 2.69 bits per heavy atom. The Bertz CT molecular complexity index is 352. The summed E-state index contributed by atoms with van der Waals surface area (Å²) in [6, 6.07) is 7.09. The van der Waals surface area contributed by atoms with Crippen LogP contribution in [0.1, 0.15) is 30.0 Å². The van der Waals surface area contributed by atoms with Crippen LogP contribution in [0, 0.1) is 0 Å². The Kier molecular flexibility index (Phi) is 4.63. The van der Waals surface area contributed by atoms with Crippen molar-refractivity contribution in [3.05, 3.63) is 29.3 Å². The first-order valence-electron chi connectivity index (χ1n) is 5.70. The van der Waals surface area contributed by atoms with Gasteiger partial charge in [0.1, 0.15) is 11.8 Å². The normalized spacial score (nSPS) is 18.9. The van der Waals surface area contributed by atoms with Gasteiger partial charge in [0.25, 0.3) is 0 Å². The summed E-state index contributed by atoms with van der Waals surface area (Å²) < 4.78 is 5.43. The Hall–Kier alpha value is -0.730. The Labute approximate surface area is 104 Å². The molecule has 3 heteroatoms. The number of nitrogens with one attached hydrogen (secondary N) is 1. The molecule has 1 aliphatic carbocycles. The summed E-state index contributed by atoms with van der Waals surface area (Å²) in [7, 11) is 6.24. The van der Waals surface area contributed by atoms with E-state index >= 15 is 0 Å². The van der Waals surface area contributed by atoms with E-state index in [-0.39, 0.29) is 12.4 Å². The van der Waals surface area contributed by atoms with Crippen molar-refractivity contribution in [2.75, 3.05) is 21.2 Å². The average molecular weight is 242 g/mol. The number of quaternary nitrogens is 1. The smallest absolute Gasteiger partial charge is 0.122 e. The molecule has 2 rings (SSSR count). The molecular formula is C13H20ClNO. The van der Waals surface area contributed by atoms with Crippen molar-refractivity contribution in [1.29, 1.82) is 0 Å². The maximum atomic E-state index is 5.43. The van der Waals surface area contributed by atoms with E-state index in [1.54, 1.807) is 7.11 Å². The number of methoxy groups -OCH3 is 1. The van der Waals surface area contributed by atoms with Crippen LogP contribution in [0.2, 0.25) is 0 Å². The van der Waals surface area contributed by atoms with Crippen LogP contribution in [0.15, 0.2) is 18.2 Å². The standard InChI is InChI=1S/C13H19NO.ClH/c1-14(2)12-8-4-7-11-10(12)6-5-9-13(11)15-3;/h5-6,9,12H,4,7-8H2,1-3H3;1H. The van der Waals surface area contributed by atoms with E-state index in [0.29, 0.717) is 6.04 Å². The van der Waals surface area contributed by atoms with Gasteiger partial charge in [0.15, 0.2) is 0 Å². The van der Waals surface area contributed by atoms with Crippen molar-refractivity contribution in [1.82, 2.24) is 0 Å². The summed E-state index contributed by atoms with van der Waals surface area (Å²) in [6.07, 6.45) is 3.74. The maximum Gasteiger partial charge on any atom is 0.122 e. The first-order chi connectivity index (χ1) is 7.24. The fourth-order valence-corrected chi connectivity index (χ4v) is 2.61. The molecule has 0 amide bonds. The number of benzene rings is 1. The van der Waals surface area contributed by atoms with Crippen LogP contribution < -0.4 is 22.0 Å². The van der Waals surface area contributed by atoms with E-state index in [4.69, 9.17) is 4.74 Å². The molecule has 0 heterocycles. The first-order valence-corrected chi connectivity index (χ1v) is 5.70. The molecule has 1 aliphatic rings. The summed E-state index contributed by atoms with van der Waals surface area (Å²) in [5.74, 6) is 1.07. The predicted molar refractivity (Wildman–Crippen MR) is 61.5 cm³/mol. The van der Waals surface area contributed by atoms with Gasteiger partial charge >= 0.3 is 0 Å². The van der Waals surface area contributed by atoms with Crippen molar-refractivity contribution in [2.45, 2.75) is 25.3 Å². The molecule has 16 heavy (non-hydrogen) atoms. The van der Waals surface area contributed by atoms with Crippen molar-refractivity contribution >= 4 is 0 Å². The molecular weight excluding hydrogens is 222 g/mol. The first kappa shape index (κ1) is 13.3. The third-order valence-corrected chi connectivity index (χ3v) is 3.38. The van der Waals surface area contributed by atoms with Gasteiger partial charge in [0, 0.05) is 17.5 Å². The van der Waals surface area contributed by atoms with Crippen LogP contribution in [-0.4, -0.2) is 21.2 Å². The summed E-state index contributed by atoms with van der Waals surface area (Å²) in [5.41, 5.74) is 2.91. The molecule has 0 saturated heterocycles. The lowest BCUT2D eigenvalue weighted by molar-refractivity contribution is -0.893. The summed E-state index contributed by atoms with van der Waals surface area (Å²) in [5, 5.41) is 0. The zero-order valence-corrected chi connectivity index (χ0v) is 11.0. The predicted octanol–water partition coefficient (Wildman–Crippen LogP) is -1.78. The fourth-order valence-electron chi connectivity index (χ4n) is 2.61. The van der Waals surface area contributed by atoms with Gasteiger partial charge in [-0.2, -0.15) is 0 Å². The molecule has 1 aromatic rings. The number of hydrogen-bond acceptors (Lipinski definition) is 1. The Morgan fingerprint density at radius 2 is 2.06 bits per heavy atom. The molecule has 0 radical (unpaired) electrons. The molecule has 0 aliphatic heterocycles. The molecule has 2 nitrogen and oxygen atoms in total. The number of fused-ring (bicyclic) bond motifs is 1. The van der Waals surface area contributed by atoms with Gasteiger partial charge in [-0.25, -0.2) is 0 Å². The highest BCUT2D eigenvalue weighted by molar-refractivity contribution is 5.42. The van der Waals surface area contributed by atoms with E-state index in [1.807, 2.05) is 0 Å². The van der Waals surface area contributed by atoms with Crippen LogP contribution in [0.5, 0.6) is 5.75 Å². The van der Waals surface area contributed by atoms with Crippen LogP contribution in [0.4, 0.5) is 0 Å². The van der Waals surface area contributed by atoms with Gasteiger partial charge in [-0.1, -0.05) is 12.1 Å². The van der Waals surface area contributed by atoms with Crippen molar-refractivity contribution in [2.24, 2.45) is 0 Å². The highest BCUT2D eigenvalue weighted by Crippen LogP contribution is 2.33. The molecule has 0 fully saturated rings. The Balaban J connectivity index is 0.00000128. The van der Waals surface area contributed by atoms with Crippen molar-refractivity contribution in [3.8, 4) is 5.75 Å². The molecule has 1 unspecified atom stereocenters. The molecule has 1 N–H and O–H groups in total.